The van der Waals surface area contributed by atoms with Crippen LogP contribution in [0, 0.1) is 56.7 Å². The summed E-state index contributed by atoms with van der Waals surface area (Å²) in [5.74, 6) is 4.32. The van der Waals surface area contributed by atoms with Gasteiger partial charge in [-0.25, -0.2) is 0 Å². The Hall–Kier alpha value is -0.590. The summed E-state index contributed by atoms with van der Waals surface area (Å²) in [6.45, 7) is 20.4. The molecule has 0 bridgehead atoms. The minimum atomic E-state index is 0.239. The van der Waals surface area contributed by atoms with Gasteiger partial charge in [0.05, 0.1) is 0 Å². The first kappa shape index (κ1) is 22.2. The molecule has 0 aromatic heterocycles. The van der Waals surface area contributed by atoms with Crippen molar-refractivity contribution in [1.29, 1.82) is 0 Å². The minimum Gasteiger partial charge on any atom is -0.295 e. The third kappa shape index (κ3) is 2.53. The molecule has 5 rings (SSSR count). The first-order valence-electron chi connectivity index (χ1n) is 13.5. The van der Waals surface area contributed by atoms with Crippen LogP contribution in [0.3, 0.4) is 0 Å². The Morgan fingerprint density at radius 3 is 1.97 bits per heavy atom. The fourth-order valence-electron chi connectivity index (χ4n) is 11.4. The van der Waals surface area contributed by atoms with E-state index in [0.29, 0.717) is 33.4 Å². The van der Waals surface area contributed by atoms with Crippen molar-refractivity contribution < 1.29 is 4.79 Å². The predicted octanol–water partition coefficient (Wildman–Crippen LogP) is 8.23. The highest BCUT2D eigenvalue weighted by Crippen LogP contribution is 2.78. The lowest BCUT2D eigenvalue weighted by Gasteiger charge is -2.73. The van der Waals surface area contributed by atoms with E-state index in [2.05, 4.69) is 55.4 Å². The summed E-state index contributed by atoms with van der Waals surface area (Å²) in [5.41, 5.74) is 3.36. The van der Waals surface area contributed by atoms with Crippen molar-refractivity contribution in [3.63, 3.8) is 0 Å². The van der Waals surface area contributed by atoms with Crippen LogP contribution in [-0.4, -0.2) is 5.78 Å². The van der Waals surface area contributed by atoms with E-state index in [9.17, 15) is 4.79 Å². The lowest BCUT2D eigenvalue weighted by Crippen LogP contribution is -2.66. The largest absolute Gasteiger partial charge is 0.295 e. The first-order chi connectivity index (χ1) is 14.3. The summed E-state index contributed by atoms with van der Waals surface area (Å²) in [6.07, 6.45) is 13.9. The van der Waals surface area contributed by atoms with Crippen LogP contribution in [0.25, 0.3) is 0 Å². The quantitative estimate of drug-likeness (QED) is 0.414. The van der Waals surface area contributed by atoms with E-state index in [4.69, 9.17) is 0 Å². The number of hydrogen-bond donors (Lipinski definition) is 0. The molecule has 5 aliphatic carbocycles. The second kappa shape index (κ2) is 6.50. The van der Waals surface area contributed by atoms with Gasteiger partial charge in [0.15, 0.2) is 5.78 Å². The second-order valence-corrected chi connectivity index (χ2v) is 14.4. The molecule has 31 heavy (non-hydrogen) atoms. The number of ketones is 1. The highest BCUT2D eigenvalue weighted by Gasteiger charge is 2.71. The van der Waals surface area contributed by atoms with Crippen molar-refractivity contribution in [2.75, 3.05) is 0 Å². The smallest absolute Gasteiger partial charge is 0.155 e. The van der Waals surface area contributed by atoms with Crippen molar-refractivity contribution in [1.82, 2.24) is 0 Å². The van der Waals surface area contributed by atoms with Crippen LogP contribution >= 0.6 is 0 Å². The number of fused-ring (bicyclic) bond motifs is 7. The lowest BCUT2D eigenvalue weighted by molar-refractivity contribution is -0.234. The van der Waals surface area contributed by atoms with E-state index < -0.39 is 0 Å². The maximum Gasteiger partial charge on any atom is 0.155 e. The zero-order valence-corrected chi connectivity index (χ0v) is 21.7. The molecular formula is C30H48O. The molecule has 4 saturated carbocycles. The summed E-state index contributed by atoms with van der Waals surface area (Å²) < 4.78 is 0. The van der Waals surface area contributed by atoms with Crippen LogP contribution < -0.4 is 0 Å². The Bertz CT molecular complexity index is 822. The Morgan fingerprint density at radius 1 is 0.774 bits per heavy atom. The fraction of sp³-hybridized carbons (Fsp3) is 0.900. The average Bonchev–Trinajstić information content (AvgIpc) is 3.04. The number of rotatable bonds is 1. The minimum absolute atomic E-state index is 0.239. The topological polar surface area (TPSA) is 17.1 Å². The molecular weight excluding hydrogens is 376 g/mol. The monoisotopic (exact) mass is 424 g/mol. The lowest BCUT2D eigenvalue weighted by atomic mass is 9.32. The van der Waals surface area contributed by atoms with Crippen LogP contribution in [-0.2, 0) is 4.79 Å². The predicted molar refractivity (Wildman–Crippen MR) is 130 cm³/mol. The molecule has 5 aliphatic rings. The number of carbonyl (C=O) groups is 1. The van der Waals surface area contributed by atoms with E-state index in [-0.39, 0.29) is 5.41 Å². The maximum absolute atomic E-state index is 12.7. The van der Waals surface area contributed by atoms with Gasteiger partial charge in [0.1, 0.15) is 0 Å². The number of hydrogen-bond acceptors (Lipinski definition) is 1. The molecule has 1 heteroatoms. The zero-order valence-electron chi connectivity index (χ0n) is 21.7. The average molecular weight is 425 g/mol. The molecule has 0 aromatic rings. The van der Waals surface area contributed by atoms with Crippen LogP contribution in [0.5, 0.6) is 0 Å². The molecule has 0 radical (unpaired) electrons. The summed E-state index contributed by atoms with van der Waals surface area (Å²) in [4.78, 5) is 12.7. The van der Waals surface area contributed by atoms with Gasteiger partial charge < -0.3 is 0 Å². The van der Waals surface area contributed by atoms with Gasteiger partial charge >= 0.3 is 0 Å². The molecule has 9 atom stereocenters. The van der Waals surface area contributed by atoms with Crippen LogP contribution in [0.4, 0.5) is 0 Å². The van der Waals surface area contributed by atoms with Crippen molar-refractivity contribution in [2.45, 2.75) is 113 Å². The van der Waals surface area contributed by atoms with Crippen molar-refractivity contribution in [2.24, 2.45) is 56.7 Å². The fourth-order valence-corrected chi connectivity index (χ4v) is 11.4. The third-order valence-corrected chi connectivity index (χ3v) is 13.4. The number of carbonyl (C=O) groups excluding carboxylic acids is 1. The third-order valence-electron chi connectivity index (χ3n) is 13.4. The Labute approximate surface area is 192 Å². The Kier molecular flexibility index (Phi) is 4.66. The standard InChI is InChI=1S/C30H48O/c1-19(2)22-9-10-23-27(22,5)13-15-30(8)24-11-12-26(4)20(3)17-21(31)18-25(26)28(24,6)14-16-29(23,30)7/h17,19,22-25H,9-16,18H2,1-8H3/t22-,23+,24-,25-,26-,27-,28-,29+,30-/m1/s1. The van der Waals surface area contributed by atoms with Gasteiger partial charge in [-0.3, -0.25) is 4.79 Å². The van der Waals surface area contributed by atoms with E-state index in [1.54, 1.807) is 0 Å². The first-order valence-corrected chi connectivity index (χ1v) is 13.5. The van der Waals surface area contributed by atoms with Gasteiger partial charge in [-0.1, -0.05) is 54.0 Å². The van der Waals surface area contributed by atoms with E-state index in [1.807, 2.05) is 6.08 Å². The molecule has 0 heterocycles. The Morgan fingerprint density at radius 2 is 1.35 bits per heavy atom. The van der Waals surface area contributed by atoms with Gasteiger partial charge in [-0.15, -0.1) is 0 Å². The normalized spacial score (nSPS) is 56.4. The van der Waals surface area contributed by atoms with E-state index in [0.717, 1.165) is 30.1 Å². The molecule has 0 N–H and O–H groups in total. The molecule has 0 unspecified atom stereocenters. The van der Waals surface area contributed by atoms with Crippen LogP contribution in [0.2, 0.25) is 0 Å². The molecule has 0 aromatic carbocycles. The van der Waals surface area contributed by atoms with Gasteiger partial charge in [-0.05, 0) is 121 Å². The van der Waals surface area contributed by atoms with Gasteiger partial charge in [0.25, 0.3) is 0 Å². The SMILES string of the molecule is CC1=CC(=O)C[C@H]2[C@]3(C)CC[C@@]4(C)[C@H]5CC[C@H](C(C)C)[C@@]5(C)CC[C@]4(C)[C@@H]3CC[C@]12C. The molecule has 0 spiro atoms. The van der Waals surface area contributed by atoms with Crippen molar-refractivity contribution in [3.8, 4) is 0 Å². The highest BCUT2D eigenvalue weighted by atomic mass is 16.1. The van der Waals surface area contributed by atoms with E-state index in [1.165, 1.54) is 56.9 Å². The summed E-state index contributed by atoms with van der Waals surface area (Å²) in [7, 11) is 0. The summed E-state index contributed by atoms with van der Waals surface area (Å²) in [5, 5.41) is 0. The Balaban J connectivity index is 1.55. The molecule has 1 nitrogen and oxygen atoms in total. The van der Waals surface area contributed by atoms with Gasteiger partial charge in [0.2, 0.25) is 0 Å². The maximum atomic E-state index is 12.7. The summed E-state index contributed by atoms with van der Waals surface area (Å²) in [6, 6.07) is 0. The van der Waals surface area contributed by atoms with Crippen LogP contribution in [0.15, 0.2) is 11.6 Å². The van der Waals surface area contributed by atoms with Crippen molar-refractivity contribution in [3.05, 3.63) is 11.6 Å². The van der Waals surface area contributed by atoms with E-state index >= 15 is 0 Å². The van der Waals surface area contributed by atoms with Crippen LogP contribution in [0.1, 0.15) is 113 Å². The zero-order chi connectivity index (χ0) is 22.6. The molecule has 0 amide bonds. The molecule has 0 saturated heterocycles. The van der Waals surface area contributed by atoms with Gasteiger partial charge in [0, 0.05) is 6.42 Å². The highest BCUT2D eigenvalue weighted by molar-refractivity contribution is 5.92. The molecule has 174 valence electrons. The molecule has 0 aliphatic heterocycles. The van der Waals surface area contributed by atoms with Crippen molar-refractivity contribution >= 4 is 5.78 Å². The number of allylic oxidation sites excluding steroid dienone is 2. The second-order valence-electron chi connectivity index (χ2n) is 14.4. The molecule has 4 fully saturated rings. The van der Waals surface area contributed by atoms with Gasteiger partial charge in [-0.2, -0.15) is 0 Å². The summed E-state index contributed by atoms with van der Waals surface area (Å²) >= 11 is 0.